The van der Waals surface area contributed by atoms with Gasteiger partial charge in [-0.3, -0.25) is 0 Å². The van der Waals surface area contributed by atoms with Crippen LogP contribution in [0.1, 0.15) is 26.2 Å². The van der Waals surface area contributed by atoms with E-state index < -0.39 is 0 Å². The monoisotopic (exact) mass is 183 g/mol. The summed E-state index contributed by atoms with van der Waals surface area (Å²) in [6.07, 6.45) is 4.85. The number of nitrogens with zero attached hydrogens (tertiary/aromatic N) is 1. The van der Waals surface area contributed by atoms with Crippen molar-refractivity contribution in [3.8, 4) is 0 Å². The van der Waals surface area contributed by atoms with E-state index in [9.17, 15) is 9.59 Å². The molecule has 1 fully saturated rings. The van der Waals surface area contributed by atoms with Crippen molar-refractivity contribution in [2.75, 3.05) is 6.54 Å². The van der Waals surface area contributed by atoms with Crippen molar-refractivity contribution in [2.24, 2.45) is 4.99 Å². The normalized spacial score (nSPS) is 12.1. The van der Waals surface area contributed by atoms with Crippen LogP contribution in [-0.2, 0) is 14.3 Å². The molecule has 0 aromatic heterocycles. The molecule has 1 aliphatic rings. The van der Waals surface area contributed by atoms with Crippen LogP contribution in [0.3, 0.4) is 0 Å². The second-order valence-electron chi connectivity index (χ2n) is 2.49. The highest BCUT2D eigenvalue weighted by molar-refractivity contribution is 5.99. The van der Waals surface area contributed by atoms with Crippen LogP contribution < -0.4 is 0 Å². The standard InChI is InChI=1S/C6H11NO.C3H2O2/c1-2-3-4-5-7-6-8;1-2-3(4)5-2/h2-5H2,1H3;1H2. The van der Waals surface area contributed by atoms with E-state index in [0.717, 1.165) is 12.8 Å². The quantitative estimate of drug-likeness (QED) is 0.218. The van der Waals surface area contributed by atoms with E-state index in [4.69, 9.17) is 0 Å². The van der Waals surface area contributed by atoms with Gasteiger partial charge in [-0.05, 0) is 13.0 Å². The van der Waals surface area contributed by atoms with E-state index in [2.05, 4.69) is 23.2 Å². The van der Waals surface area contributed by atoms with Gasteiger partial charge in [0.1, 0.15) is 0 Å². The van der Waals surface area contributed by atoms with E-state index in [0.29, 0.717) is 6.54 Å². The smallest absolute Gasteiger partial charge is 0.379 e. The van der Waals surface area contributed by atoms with Gasteiger partial charge < -0.3 is 4.74 Å². The molecule has 1 rings (SSSR count). The Morgan fingerprint density at radius 1 is 1.54 bits per heavy atom. The summed E-state index contributed by atoms with van der Waals surface area (Å²) in [4.78, 5) is 22.4. The minimum Gasteiger partial charge on any atom is -0.414 e. The SMILES string of the molecule is C=C1OC1=O.CCCCCN=C=O. The highest BCUT2D eigenvalue weighted by atomic mass is 16.6. The van der Waals surface area contributed by atoms with Crippen LogP contribution in [0, 0.1) is 0 Å². The van der Waals surface area contributed by atoms with Gasteiger partial charge in [-0.1, -0.05) is 19.8 Å². The third-order valence-electron chi connectivity index (χ3n) is 1.34. The first-order valence-corrected chi connectivity index (χ1v) is 4.17. The zero-order valence-corrected chi connectivity index (χ0v) is 7.71. The van der Waals surface area contributed by atoms with Crippen LogP contribution >= 0.6 is 0 Å². The third-order valence-corrected chi connectivity index (χ3v) is 1.34. The summed E-state index contributed by atoms with van der Waals surface area (Å²) in [6, 6.07) is 0. The largest absolute Gasteiger partial charge is 0.414 e. The van der Waals surface area contributed by atoms with E-state index in [1.165, 1.54) is 12.5 Å². The molecule has 1 heterocycles. The maximum absolute atomic E-state index is 9.56. The number of unbranched alkanes of at least 4 members (excludes halogenated alkanes) is 2. The lowest BCUT2D eigenvalue weighted by Crippen LogP contribution is -1.77. The molecule has 0 bridgehead atoms. The van der Waals surface area contributed by atoms with E-state index in [1.54, 1.807) is 0 Å². The zero-order chi connectivity index (χ0) is 10.1. The average molecular weight is 183 g/mol. The van der Waals surface area contributed by atoms with Crippen molar-refractivity contribution in [1.82, 2.24) is 0 Å². The second-order valence-corrected chi connectivity index (χ2v) is 2.49. The number of cyclic esters (lactones) is 1. The Hall–Kier alpha value is -1.41. The maximum atomic E-state index is 9.56. The predicted octanol–water partition coefficient (Wildman–Crippen LogP) is 1.57. The summed E-state index contributed by atoms with van der Waals surface area (Å²) >= 11 is 0. The Balaban J connectivity index is 0.000000243. The van der Waals surface area contributed by atoms with Crippen LogP contribution in [0.25, 0.3) is 0 Å². The van der Waals surface area contributed by atoms with Gasteiger partial charge in [0, 0.05) is 0 Å². The maximum Gasteiger partial charge on any atom is 0.379 e. The van der Waals surface area contributed by atoms with Crippen LogP contribution in [0.4, 0.5) is 0 Å². The number of epoxide rings is 1. The number of isocyanates is 1. The van der Waals surface area contributed by atoms with Crippen molar-refractivity contribution in [2.45, 2.75) is 26.2 Å². The molecule has 0 N–H and O–H groups in total. The molecule has 0 aliphatic carbocycles. The summed E-state index contributed by atoms with van der Waals surface area (Å²) < 4.78 is 4.08. The molecule has 4 heteroatoms. The fourth-order valence-electron chi connectivity index (χ4n) is 0.573. The molecule has 0 aromatic rings. The number of ether oxygens (including phenoxy) is 1. The second kappa shape index (κ2) is 7.25. The lowest BCUT2D eigenvalue weighted by molar-refractivity contribution is -0.117. The minimum absolute atomic E-state index is 0.273. The highest BCUT2D eigenvalue weighted by Gasteiger charge is 2.26. The molecule has 0 radical (unpaired) electrons. The first kappa shape index (κ1) is 11.6. The van der Waals surface area contributed by atoms with Crippen LogP contribution in [0.2, 0.25) is 0 Å². The molecular formula is C9H13NO3. The summed E-state index contributed by atoms with van der Waals surface area (Å²) in [5, 5.41) is 0. The molecule has 0 unspecified atom stereocenters. The zero-order valence-electron chi connectivity index (χ0n) is 7.71. The molecule has 1 aliphatic heterocycles. The van der Waals surface area contributed by atoms with Gasteiger partial charge in [0.2, 0.25) is 11.8 Å². The Labute approximate surface area is 77.3 Å². The molecular weight excluding hydrogens is 170 g/mol. The van der Waals surface area contributed by atoms with Gasteiger partial charge in [-0.15, -0.1) is 0 Å². The van der Waals surface area contributed by atoms with Gasteiger partial charge in [0.25, 0.3) is 0 Å². The van der Waals surface area contributed by atoms with Gasteiger partial charge in [-0.25, -0.2) is 14.6 Å². The molecule has 0 amide bonds. The van der Waals surface area contributed by atoms with Crippen molar-refractivity contribution in [3.63, 3.8) is 0 Å². The number of hydrogen-bond donors (Lipinski definition) is 0. The van der Waals surface area contributed by atoms with Crippen LogP contribution in [0.5, 0.6) is 0 Å². The Morgan fingerprint density at radius 3 is 2.38 bits per heavy atom. The van der Waals surface area contributed by atoms with E-state index in [1.807, 2.05) is 0 Å². The molecule has 0 aromatic carbocycles. The van der Waals surface area contributed by atoms with E-state index >= 15 is 0 Å². The van der Waals surface area contributed by atoms with E-state index in [-0.39, 0.29) is 11.7 Å². The van der Waals surface area contributed by atoms with Crippen molar-refractivity contribution >= 4 is 12.0 Å². The highest BCUT2D eigenvalue weighted by Crippen LogP contribution is 2.11. The molecule has 13 heavy (non-hydrogen) atoms. The summed E-state index contributed by atoms with van der Waals surface area (Å²) in [5.74, 6) is 0.00926. The van der Waals surface area contributed by atoms with Gasteiger partial charge in [0.05, 0.1) is 6.54 Å². The summed E-state index contributed by atoms with van der Waals surface area (Å²) in [6.45, 7) is 5.94. The fraction of sp³-hybridized carbons (Fsp3) is 0.556. The molecule has 1 saturated heterocycles. The van der Waals surface area contributed by atoms with Gasteiger partial charge in [-0.2, -0.15) is 0 Å². The number of hydrogen-bond acceptors (Lipinski definition) is 4. The number of carbonyl (C=O) groups excluding carboxylic acids is 2. The topological polar surface area (TPSA) is 59.0 Å². The molecule has 0 spiro atoms. The molecule has 0 atom stereocenters. The molecule has 4 nitrogen and oxygen atoms in total. The number of rotatable bonds is 4. The molecule has 72 valence electrons. The van der Waals surface area contributed by atoms with Gasteiger partial charge in [0.15, 0.2) is 0 Å². The van der Waals surface area contributed by atoms with Crippen LogP contribution in [0.15, 0.2) is 17.3 Å². The fourth-order valence-corrected chi connectivity index (χ4v) is 0.573. The van der Waals surface area contributed by atoms with Crippen molar-refractivity contribution in [3.05, 3.63) is 12.3 Å². The predicted molar refractivity (Wildman–Crippen MR) is 47.7 cm³/mol. The lowest BCUT2D eigenvalue weighted by Gasteiger charge is -1.86. The van der Waals surface area contributed by atoms with Crippen LogP contribution in [-0.4, -0.2) is 18.6 Å². The summed E-state index contributed by atoms with van der Waals surface area (Å²) in [7, 11) is 0. The minimum atomic E-state index is -0.273. The van der Waals surface area contributed by atoms with Crippen molar-refractivity contribution < 1.29 is 14.3 Å². The Kier molecular flexibility index (Phi) is 6.46. The van der Waals surface area contributed by atoms with Gasteiger partial charge >= 0.3 is 5.97 Å². The lowest BCUT2D eigenvalue weighted by atomic mass is 10.3. The summed E-state index contributed by atoms with van der Waals surface area (Å²) in [5.41, 5.74) is 0. The Bertz CT molecular complexity index is 217. The third kappa shape index (κ3) is 8.50. The first-order valence-electron chi connectivity index (χ1n) is 4.17. The number of carbonyl (C=O) groups is 1. The molecule has 0 saturated carbocycles. The Morgan fingerprint density at radius 2 is 2.08 bits per heavy atom. The average Bonchev–Trinajstić information content (AvgIpc) is 2.75. The number of aliphatic imine (C=N–C) groups is 1. The first-order chi connectivity index (χ1) is 6.22. The van der Waals surface area contributed by atoms with Crippen molar-refractivity contribution in [1.29, 1.82) is 0 Å².